The van der Waals surface area contributed by atoms with E-state index in [1.165, 1.54) is 39.2 Å². The van der Waals surface area contributed by atoms with E-state index in [4.69, 9.17) is 0 Å². The number of hydrogen-bond acceptors (Lipinski definition) is 6. The highest BCUT2D eigenvalue weighted by Crippen LogP contribution is 2.32. The van der Waals surface area contributed by atoms with E-state index in [1.807, 2.05) is 57.3 Å². The molecule has 2 amide bonds. The summed E-state index contributed by atoms with van der Waals surface area (Å²) in [5.41, 5.74) is 1.57. The van der Waals surface area contributed by atoms with Crippen LogP contribution in [-0.2, 0) is 16.1 Å². The summed E-state index contributed by atoms with van der Waals surface area (Å²) >= 11 is 1.34. The van der Waals surface area contributed by atoms with Crippen molar-refractivity contribution in [3.05, 3.63) is 82.3 Å². The number of nitrogens with one attached hydrogen (secondary N) is 1. The van der Waals surface area contributed by atoms with E-state index in [1.54, 1.807) is 18.2 Å². The zero-order valence-corrected chi connectivity index (χ0v) is 21.3. The van der Waals surface area contributed by atoms with E-state index in [2.05, 4.69) is 20.7 Å². The molecular weight excluding hydrogens is 479 g/mol. The Labute approximate surface area is 212 Å². The Morgan fingerprint density at radius 1 is 1.11 bits per heavy atom. The van der Waals surface area contributed by atoms with Gasteiger partial charge in [0, 0.05) is 21.7 Å². The van der Waals surface area contributed by atoms with Crippen LogP contribution < -0.4 is 10.2 Å². The number of benzene rings is 2. The predicted molar refractivity (Wildman–Crippen MR) is 137 cm³/mol. The second-order valence-corrected chi connectivity index (χ2v) is 10.4. The first kappa shape index (κ1) is 25.2. The highest BCUT2D eigenvalue weighted by molar-refractivity contribution is 7.10. The number of hydrogen-bond donors (Lipinski definition) is 1. The number of carbonyl (C=O) groups is 2. The quantitative estimate of drug-likeness (QED) is 0.397. The van der Waals surface area contributed by atoms with Crippen LogP contribution >= 0.6 is 11.3 Å². The Kier molecular flexibility index (Phi) is 7.25. The second kappa shape index (κ2) is 10.4. The molecule has 1 N–H and O–H groups in total. The molecule has 0 saturated heterocycles. The van der Waals surface area contributed by atoms with Crippen LogP contribution in [0.25, 0.3) is 11.4 Å². The molecule has 0 aliphatic heterocycles. The third-order valence-electron chi connectivity index (χ3n) is 5.21. The maximum absolute atomic E-state index is 14.2. The normalized spacial score (nSPS) is 12.2. The lowest BCUT2D eigenvalue weighted by Gasteiger charge is -2.33. The van der Waals surface area contributed by atoms with E-state index in [0.29, 0.717) is 10.7 Å². The Morgan fingerprint density at radius 2 is 1.86 bits per heavy atom. The molecule has 2 heterocycles. The Hall–Kier alpha value is -3.92. The number of aromatic nitrogens is 4. The predicted octanol–water partition coefficient (Wildman–Crippen LogP) is 4.54. The van der Waals surface area contributed by atoms with Crippen LogP contribution in [0.5, 0.6) is 0 Å². The molecule has 0 aliphatic carbocycles. The highest BCUT2D eigenvalue weighted by atomic mass is 32.1. The molecule has 4 aromatic rings. The minimum atomic E-state index is -1.02. The summed E-state index contributed by atoms with van der Waals surface area (Å²) in [6.07, 6.45) is 0. The molecule has 0 radical (unpaired) electrons. The van der Waals surface area contributed by atoms with Gasteiger partial charge in [-0.3, -0.25) is 14.5 Å². The molecule has 186 valence electrons. The molecule has 1 atom stereocenters. The van der Waals surface area contributed by atoms with Gasteiger partial charge in [0.05, 0.1) is 0 Å². The number of carbonyl (C=O) groups excluding carboxylic acids is 2. The minimum absolute atomic E-state index is 0.251. The Bertz CT molecular complexity index is 1350. The fraction of sp³-hybridized carbons (Fsp3) is 0.269. The van der Waals surface area contributed by atoms with Gasteiger partial charge in [0.1, 0.15) is 18.4 Å². The second-order valence-electron chi connectivity index (χ2n) is 9.41. The first-order valence-electron chi connectivity index (χ1n) is 11.4. The largest absolute Gasteiger partial charge is 0.349 e. The maximum Gasteiger partial charge on any atom is 0.251 e. The van der Waals surface area contributed by atoms with Crippen LogP contribution in [-0.4, -0.2) is 37.6 Å². The van der Waals surface area contributed by atoms with Gasteiger partial charge in [-0.15, -0.1) is 21.5 Å². The standard InChI is InChI=1S/C26H27FN6O2S/c1-17-10-12-18(13-11-17)24-29-31-32(30-24)16-22(34)33(20-8-5-7-19(27)15-20)23(21-9-6-14-36-21)25(35)28-26(2,3)4/h5-15,23H,16H2,1-4H3,(H,28,35). The van der Waals surface area contributed by atoms with Gasteiger partial charge in [0.2, 0.25) is 11.7 Å². The monoisotopic (exact) mass is 506 g/mol. The maximum atomic E-state index is 14.2. The molecule has 2 aromatic heterocycles. The lowest BCUT2D eigenvalue weighted by molar-refractivity contribution is -0.128. The summed E-state index contributed by atoms with van der Waals surface area (Å²) in [5.74, 6) is -1.02. The molecule has 0 spiro atoms. The van der Waals surface area contributed by atoms with Gasteiger partial charge in [0.15, 0.2) is 0 Å². The van der Waals surface area contributed by atoms with E-state index >= 15 is 0 Å². The number of halogens is 1. The molecule has 10 heteroatoms. The van der Waals surface area contributed by atoms with Crippen LogP contribution in [0.3, 0.4) is 0 Å². The highest BCUT2D eigenvalue weighted by Gasteiger charge is 2.35. The van der Waals surface area contributed by atoms with Crippen LogP contribution in [0.1, 0.15) is 37.3 Å². The van der Waals surface area contributed by atoms with E-state index in [0.717, 1.165) is 11.1 Å². The third-order valence-corrected chi connectivity index (χ3v) is 6.14. The number of nitrogens with zero attached hydrogens (tertiary/aromatic N) is 5. The summed E-state index contributed by atoms with van der Waals surface area (Å²) in [6.45, 7) is 7.26. The Balaban J connectivity index is 1.70. The number of aryl methyl sites for hydroxylation is 1. The van der Waals surface area contributed by atoms with Crippen LogP contribution in [0.15, 0.2) is 66.0 Å². The van der Waals surface area contributed by atoms with Crippen LogP contribution in [0, 0.1) is 12.7 Å². The molecule has 0 aliphatic rings. The van der Waals surface area contributed by atoms with Crippen LogP contribution in [0.2, 0.25) is 0 Å². The van der Waals surface area contributed by atoms with Gasteiger partial charge in [0.25, 0.3) is 5.91 Å². The fourth-order valence-corrected chi connectivity index (χ4v) is 4.46. The van der Waals surface area contributed by atoms with Gasteiger partial charge >= 0.3 is 0 Å². The molecule has 2 aromatic carbocycles. The average Bonchev–Trinajstić information content (AvgIpc) is 3.49. The molecular formula is C26H27FN6O2S. The molecule has 4 rings (SSSR count). The number of rotatable bonds is 7. The van der Waals surface area contributed by atoms with Gasteiger partial charge in [-0.25, -0.2) is 4.39 Å². The Morgan fingerprint density at radius 3 is 2.50 bits per heavy atom. The first-order valence-corrected chi connectivity index (χ1v) is 12.3. The molecule has 0 fully saturated rings. The summed E-state index contributed by atoms with van der Waals surface area (Å²) in [5, 5.41) is 17.2. The summed E-state index contributed by atoms with van der Waals surface area (Å²) < 4.78 is 14.2. The fourth-order valence-electron chi connectivity index (χ4n) is 3.65. The van der Waals surface area contributed by atoms with E-state index in [9.17, 15) is 14.0 Å². The first-order chi connectivity index (χ1) is 17.1. The SMILES string of the molecule is Cc1ccc(-c2nnn(CC(=O)N(c3cccc(F)c3)C(C(=O)NC(C)(C)C)c3cccs3)n2)cc1. The van der Waals surface area contributed by atoms with E-state index < -0.39 is 23.3 Å². The van der Waals surface area contributed by atoms with Gasteiger partial charge < -0.3 is 5.32 Å². The van der Waals surface area contributed by atoms with Gasteiger partial charge in [-0.05, 0) is 62.6 Å². The van der Waals surface area contributed by atoms with Gasteiger partial charge in [-0.2, -0.15) is 4.80 Å². The average molecular weight is 507 g/mol. The molecule has 8 nitrogen and oxygen atoms in total. The van der Waals surface area contributed by atoms with Gasteiger partial charge in [-0.1, -0.05) is 42.0 Å². The summed E-state index contributed by atoms with van der Waals surface area (Å²) in [6, 6.07) is 15.8. The van der Waals surface area contributed by atoms with Crippen molar-refractivity contribution in [2.75, 3.05) is 4.90 Å². The summed E-state index contributed by atoms with van der Waals surface area (Å²) in [4.78, 5) is 30.3. The third kappa shape index (κ3) is 6.01. The zero-order valence-electron chi connectivity index (χ0n) is 20.5. The number of amides is 2. The smallest absolute Gasteiger partial charge is 0.251 e. The molecule has 0 bridgehead atoms. The van der Waals surface area contributed by atoms with Crippen molar-refractivity contribution >= 4 is 28.8 Å². The summed E-state index contributed by atoms with van der Waals surface area (Å²) in [7, 11) is 0. The van der Waals surface area contributed by atoms with Crippen molar-refractivity contribution < 1.29 is 14.0 Å². The van der Waals surface area contributed by atoms with Crippen molar-refractivity contribution in [3.63, 3.8) is 0 Å². The zero-order chi connectivity index (χ0) is 25.9. The lowest BCUT2D eigenvalue weighted by Crippen LogP contribution is -2.50. The number of thiophene rings is 1. The van der Waals surface area contributed by atoms with Crippen LogP contribution in [0.4, 0.5) is 10.1 Å². The van der Waals surface area contributed by atoms with E-state index in [-0.39, 0.29) is 18.1 Å². The van der Waals surface area contributed by atoms with Crippen molar-refractivity contribution in [1.29, 1.82) is 0 Å². The minimum Gasteiger partial charge on any atom is -0.349 e. The van der Waals surface area contributed by atoms with Crippen molar-refractivity contribution in [2.45, 2.75) is 45.8 Å². The molecule has 0 saturated carbocycles. The molecule has 36 heavy (non-hydrogen) atoms. The topological polar surface area (TPSA) is 93.0 Å². The molecule has 1 unspecified atom stereocenters. The number of anilines is 1. The van der Waals surface area contributed by atoms with Crippen molar-refractivity contribution in [2.24, 2.45) is 0 Å². The van der Waals surface area contributed by atoms with Crippen molar-refractivity contribution in [3.8, 4) is 11.4 Å². The number of tetrazole rings is 1. The lowest BCUT2D eigenvalue weighted by atomic mass is 10.1. The van der Waals surface area contributed by atoms with Crippen molar-refractivity contribution in [1.82, 2.24) is 25.5 Å².